The highest BCUT2D eigenvalue weighted by Crippen LogP contribution is 2.43. The molecule has 8 nitrogen and oxygen atoms in total. The SMILES string of the molecule is Cc1cc(N(C)C(=O)O)cnc1N1CCC[C@]2(CCN([C@H]3CC[C@H](O)CC3)C2=O)C1. The Morgan fingerprint density at radius 1 is 1.23 bits per heavy atom. The molecule has 1 spiro atoms. The average molecular weight is 417 g/mol. The molecule has 1 atom stereocenters. The third-order valence-corrected chi connectivity index (χ3v) is 7.24. The summed E-state index contributed by atoms with van der Waals surface area (Å²) in [6.07, 6.45) is 6.45. The van der Waals surface area contributed by atoms with Crippen LogP contribution in [0.25, 0.3) is 0 Å². The van der Waals surface area contributed by atoms with Crippen molar-refractivity contribution >= 4 is 23.5 Å². The molecule has 2 N–H and O–H groups in total. The monoisotopic (exact) mass is 416 g/mol. The second kappa shape index (κ2) is 8.06. The van der Waals surface area contributed by atoms with Gasteiger partial charge in [-0.2, -0.15) is 0 Å². The van der Waals surface area contributed by atoms with Crippen molar-refractivity contribution in [1.29, 1.82) is 0 Å². The van der Waals surface area contributed by atoms with Crippen molar-refractivity contribution in [3.8, 4) is 0 Å². The predicted molar refractivity (Wildman–Crippen MR) is 114 cm³/mol. The van der Waals surface area contributed by atoms with Gasteiger partial charge in [-0.05, 0) is 63.5 Å². The van der Waals surface area contributed by atoms with Crippen molar-refractivity contribution in [2.75, 3.05) is 36.5 Å². The summed E-state index contributed by atoms with van der Waals surface area (Å²) in [6.45, 7) is 4.27. The van der Waals surface area contributed by atoms with E-state index >= 15 is 0 Å². The number of aliphatic hydroxyl groups excluding tert-OH is 1. The van der Waals surface area contributed by atoms with E-state index in [0.717, 1.165) is 74.3 Å². The van der Waals surface area contributed by atoms with E-state index in [0.29, 0.717) is 12.2 Å². The maximum Gasteiger partial charge on any atom is 0.411 e. The summed E-state index contributed by atoms with van der Waals surface area (Å²) in [5.74, 6) is 1.11. The number of nitrogens with zero attached hydrogens (tertiary/aromatic N) is 4. The molecule has 0 radical (unpaired) electrons. The normalized spacial score (nSPS) is 29.5. The van der Waals surface area contributed by atoms with Crippen LogP contribution in [0, 0.1) is 12.3 Å². The number of amides is 2. The highest BCUT2D eigenvalue weighted by molar-refractivity contribution is 5.87. The molecule has 30 heavy (non-hydrogen) atoms. The van der Waals surface area contributed by atoms with Crippen LogP contribution in [0.15, 0.2) is 12.3 Å². The van der Waals surface area contributed by atoms with E-state index in [1.807, 2.05) is 13.0 Å². The summed E-state index contributed by atoms with van der Waals surface area (Å²) < 4.78 is 0. The number of carboxylic acid groups (broad SMARTS) is 1. The molecule has 1 aromatic rings. The largest absolute Gasteiger partial charge is 0.465 e. The molecule has 0 bridgehead atoms. The minimum Gasteiger partial charge on any atom is -0.465 e. The molecule has 1 aromatic heterocycles. The fraction of sp³-hybridized carbons (Fsp3) is 0.682. The molecular weight excluding hydrogens is 384 g/mol. The number of carbonyl (C=O) groups is 2. The quantitative estimate of drug-likeness (QED) is 0.786. The number of aryl methyl sites for hydroxylation is 1. The molecule has 1 saturated carbocycles. The maximum absolute atomic E-state index is 13.5. The molecule has 4 rings (SSSR count). The molecule has 2 saturated heterocycles. The van der Waals surface area contributed by atoms with E-state index in [9.17, 15) is 19.8 Å². The number of hydrogen-bond acceptors (Lipinski definition) is 5. The van der Waals surface area contributed by atoms with Gasteiger partial charge < -0.3 is 20.0 Å². The van der Waals surface area contributed by atoms with Crippen LogP contribution in [-0.2, 0) is 4.79 Å². The Morgan fingerprint density at radius 2 is 1.97 bits per heavy atom. The molecule has 3 aliphatic rings. The number of hydrogen-bond donors (Lipinski definition) is 2. The third kappa shape index (κ3) is 3.73. The molecule has 2 amide bonds. The van der Waals surface area contributed by atoms with Crippen molar-refractivity contribution in [1.82, 2.24) is 9.88 Å². The van der Waals surface area contributed by atoms with Crippen molar-refractivity contribution < 1.29 is 19.8 Å². The Labute approximate surface area is 177 Å². The van der Waals surface area contributed by atoms with Crippen molar-refractivity contribution in [2.45, 2.75) is 64.0 Å². The summed E-state index contributed by atoms with van der Waals surface area (Å²) in [7, 11) is 1.50. The Hall–Kier alpha value is -2.35. The van der Waals surface area contributed by atoms with Crippen molar-refractivity contribution in [3.05, 3.63) is 17.8 Å². The second-order valence-electron chi connectivity index (χ2n) is 9.19. The second-order valence-corrected chi connectivity index (χ2v) is 9.19. The van der Waals surface area contributed by atoms with E-state index < -0.39 is 6.09 Å². The number of likely N-dealkylation sites (tertiary alicyclic amines) is 1. The van der Waals surface area contributed by atoms with Gasteiger partial charge in [0.05, 0.1) is 23.4 Å². The summed E-state index contributed by atoms with van der Waals surface area (Å²) in [6, 6.07) is 2.11. The topological polar surface area (TPSA) is 97.2 Å². The van der Waals surface area contributed by atoms with E-state index in [2.05, 4.69) is 14.8 Å². The highest BCUT2D eigenvalue weighted by Gasteiger charge is 2.50. The molecule has 3 fully saturated rings. The molecular formula is C22H32N4O4. The number of piperidine rings is 1. The van der Waals surface area contributed by atoms with Crippen LogP contribution in [0.4, 0.5) is 16.3 Å². The van der Waals surface area contributed by atoms with Gasteiger partial charge in [-0.25, -0.2) is 9.78 Å². The van der Waals surface area contributed by atoms with Crippen LogP contribution < -0.4 is 9.80 Å². The lowest BCUT2D eigenvalue weighted by molar-refractivity contribution is -0.139. The van der Waals surface area contributed by atoms with Gasteiger partial charge in [-0.3, -0.25) is 9.69 Å². The lowest BCUT2D eigenvalue weighted by atomic mass is 9.78. The van der Waals surface area contributed by atoms with Gasteiger partial charge in [0.2, 0.25) is 5.91 Å². The van der Waals surface area contributed by atoms with Crippen LogP contribution in [0.3, 0.4) is 0 Å². The van der Waals surface area contributed by atoms with Crippen molar-refractivity contribution in [2.24, 2.45) is 5.41 Å². The zero-order valence-electron chi connectivity index (χ0n) is 17.9. The van der Waals surface area contributed by atoms with Crippen LogP contribution >= 0.6 is 0 Å². The number of rotatable bonds is 3. The van der Waals surface area contributed by atoms with Crippen LogP contribution in [0.5, 0.6) is 0 Å². The first-order valence-electron chi connectivity index (χ1n) is 11.0. The maximum atomic E-state index is 13.5. The zero-order valence-corrected chi connectivity index (χ0v) is 17.9. The molecule has 2 aliphatic heterocycles. The Bertz CT molecular complexity index is 823. The van der Waals surface area contributed by atoms with E-state index in [1.165, 1.54) is 7.05 Å². The smallest absolute Gasteiger partial charge is 0.411 e. The third-order valence-electron chi connectivity index (χ3n) is 7.24. The molecule has 1 aliphatic carbocycles. The van der Waals surface area contributed by atoms with Crippen LogP contribution in [-0.4, -0.2) is 70.9 Å². The van der Waals surface area contributed by atoms with Gasteiger partial charge in [0, 0.05) is 32.7 Å². The summed E-state index contributed by atoms with van der Waals surface area (Å²) in [4.78, 5) is 34.7. The minimum absolute atomic E-state index is 0.213. The number of carbonyl (C=O) groups excluding carboxylic acids is 1. The van der Waals surface area contributed by atoms with Gasteiger partial charge in [0.25, 0.3) is 0 Å². The van der Waals surface area contributed by atoms with Gasteiger partial charge in [0.15, 0.2) is 0 Å². The fourth-order valence-electron chi connectivity index (χ4n) is 5.43. The lowest BCUT2D eigenvalue weighted by Crippen LogP contribution is -2.50. The minimum atomic E-state index is -1.02. The Morgan fingerprint density at radius 3 is 2.63 bits per heavy atom. The molecule has 8 heteroatoms. The number of aliphatic hydroxyl groups is 1. The Balaban J connectivity index is 1.49. The first-order valence-corrected chi connectivity index (χ1v) is 11.0. The fourth-order valence-corrected chi connectivity index (χ4v) is 5.43. The predicted octanol–water partition coefficient (Wildman–Crippen LogP) is 2.63. The van der Waals surface area contributed by atoms with Crippen molar-refractivity contribution in [3.63, 3.8) is 0 Å². The van der Waals surface area contributed by atoms with Gasteiger partial charge >= 0.3 is 6.09 Å². The van der Waals surface area contributed by atoms with Crippen LogP contribution in [0.1, 0.15) is 50.5 Å². The zero-order chi connectivity index (χ0) is 21.5. The molecule has 3 heterocycles. The lowest BCUT2D eigenvalue weighted by Gasteiger charge is -2.41. The van der Waals surface area contributed by atoms with Gasteiger partial charge in [-0.1, -0.05) is 0 Å². The Kier molecular flexibility index (Phi) is 5.61. The summed E-state index contributed by atoms with van der Waals surface area (Å²) in [5, 5.41) is 19.0. The highest BCUT2D eigenvalue weighted by atomic mass is 16.4. The number of anilines is 2. The van der Waals surface area contributed by atoms with E-state index in [1.54, 1.807) is 6.20 Å². The van der Waals surface area contributed by atoms with E-state index in [4.69, 9.17) is 0 Å². The first-order chi connectivity index (χ1) is 14.3. The number of aromatic nitrogens is 1. The van der Waals surface area contributed by atoms with Gasteiger partial charge in [0.1, 0.15) is 5.82 Å². The number of pyridine rings is 1. The first kappa shape index (κ1) is 20.9. The standard InChI is InChI=1S/C22H32N4O4/c1-15-12-17(24(2)21(29)30)13-23-19(15)25-10-3-8-22(14-25)9-11-26(20(22)28)16-4-6-18(27)7-5-16/h12-13,16,18,27H,3-11,14H2,1-2H3,(H,29,30)/t16-,18-,22-/m0/s1. The molecule has 164 valence electrons. The van der Waals surface area contributed by atoms with Gasteiger partial charge in [-0.15, -0.1) is 0 Å². The van der Waals surface area contributed by atoms with Crippen LogP contribution in [0.2, 0.25) is 0 Å². The summed E-state index contributed by atoms with van der Waals surface area (Å²) in [5.41, 5.74) is 1.11. The molecule has 0 unspecified atom stereocenters. The summed E-state index contributed by atoms with van der Waals surface area (Å²) >= 11 is 0. The average Bonchev–Trinajstić information content (AvgIpc) is 3.03. The van der Waals surface area contributed by atoms with E-state index in [-0.39, 0.29) is 23.5 Å². The molecule has 0 aromatic carbocycles.